The molecular weight excluding hydrogens is 388 g/mol. The van der Waals surface area contributed by atoms with Crippen molar-refractivity contribution in [2.45, 2.75) is 13.5 Å². The van der Waals surface area contributed by atoms with Gasteiger partial charge in [-0.15, -0.1) is 0 Å². The van der Waals surface area contributed by atoms with Gasteiger partial charge in [0.15, 0.2) is 0 Å². The minimum Gasteiger partial charge on any atom is -0.508 e. The molecule has 0 unspecified atom stereocenters. The summed E-state index contributed by atoms with van der Waals surface area (Å²) >= 11 is 0. The Hall–Kier alpha value is -4.19. The van der Waals surface area contributed by atoms with Crippen LogP contribution in [0.25, 0.3) is 11.3 Å². The number of hydrogen-bond acceptors (Lipinski definition) is 4. The van der Waals surface area contributed by atoms with Gasteiger partial charge in [-0.3, -0.25) is 9.48 Å². The highest BCUT2D eigenvalue weighted by molar-refractivity contribution is 5.95. The van der Waals surface area contributed by atoms with Gasteiger partial charge in [0.1, 0.15) is 11.4 Å². The lowest BCUT2D eigenvalue weighted by atomic mass is 10.1. The van der Waals surface area contributed by atoms with E-state index < -0.39 is 0 Å². The Morgan fingerprint density at radius 1 is 1.03 bits per heavy atom. The van der Waals surface area contributed by atoms with E-state index in [1.165, 1.54) is 29.8 Å². The molecule has 0 bridgehead atoms. The van der Waals surface area contributed by atoms with Gasteiger partial charge in [0.05, 0.1) is 12.8 Å². The normalized spacial score (nSPS) is 11.0. The molecular formula is C25H22N4O2. The lowest BCUT2D eigenvalue weighted by Gasteiger charge is -2.02. The van der Waals surface area contributed by atoms with Crippen LogP contribution in [0.3, 0.4) is 0 Å². The first-order valence-electron chi connectivity index (χ1n) is 9.89. The monoisotopic (exact) mass is 410 g/mol. The molecule has 0 fully saturated rings. The van der Waals surface area contributed by atoms with Crippen molar-refractivity contribution in [1.29, 1.82) is 0 Å². The third-order valence-corrected chi connectivity index (χ3v) is 4.80. The van der Waals surface area contributed by atoms with E-state index in [9.17, 15) is 9.90 Å². The quantitative estimate of drug-likeness (QED) is 0.366. The molecule has 0 atom stereocenters. The van der Waals surface area contributed by atoms with Crippen molar-refractivity contribution in [3.05, 3.63) is 107 Å². The zero-order chi connectivity index (χ0) is 21.6. The summed E-state index contributed by atoms with van der Waals surface area (Å²) in [5.41, 5.74) is 7.81. The van der Waals surface area contributed by atoms with Crippen LogP contribution in [0.15, 0.2) is 90.2 Å². The number of nitrogens with zero attached hydrogens (tertiary/aromatic N) is 3. The Kier molecular flexibility index (Phi) is 5.89. The topological polar surface area (TPSA) is 79.5 Å². The molecule has 0 aliphatic heterocycles. The summed E-state index contributed by atoms with van der Waals surface area (Å²) in [6.45, 7) is 2.67. The van der Waals surface area contributed by atoms with Gasteiger partial charge in [-0.25, -0.2) is 5.43 Å². The molecule has 3 aromatic carbocycles. The molecule has 1 aromatic heterocycles. The Morgan fingerprint density at radius 3 is 2.45 bits per heavy atom. The molecule has 0 saturated carbocycles. The van der Waals surface area contributed by atoms with Gasteiger partial charge in [0.2, 0.25) is 0 Å². The number of hydrazone groups is 1. The van der Waals surface area contributed by atoms with Crippen LogP contribution in [0.1, 0.15) is 27.0 Å². The standard InChI is InChI=1S/C25H22N4O2/c1-18-7-9-20(10-8-18)24-22(17-29(28-24)16-19-5-3-2-4-6-19)15-26-27-25(31)21-11-13-23(30)14-12-21/h2-15,17,30H,16H2,1H3,(H,27,31)/b26-15-. The van der Waals surface area contributed by atoms with Crippen molar-refractivity contribution in [3.8, 4) is 17.0 Å². The fourth-order valence-electron chi connectivity index (χ4n) is 3.16. The maximum absolute atomic E-state index is 12.3. The molecule has 2 N–H and O–H groups in total. The summed E-state index contributed by atoms with van der Waals surface area (Å²) < 4.78 is 1.87. The highest BCUT2D eigenvalue weighted by Gasteiger charge is 2.11. The number of nitrogens with one attached hydrogen (secondary N) is 1. The molecule has 154 valence electrons. The van der Waals surface area contributed by atoms with Crippen molar-refractivity contribution in [2.75, 3.05) is 0 Å². The first-order chi connectivity index (χ1) is 15.1. The maximum Gasteiger partial charge on any atom is 0.271 e. The third kappa shape index (κ3) is 5.05. The van der Waals surface area contributed by atoms with Crippen LogP contribution in [0, 0.1) is 6.92 Å². The molecule has 6 nitrogen and oxygen atoms in total. The number of carbonyl (C=O) groups excluding carboxylic acids is 1. The van der Waals surface area contributed by atoms with Crippen molar-refractivity contribution < 1.29 is 9.90 Å². The Bertz CT molecular complexity index is 1190. The van der Waals surface area contributed by atoms with E-state index in [4.69, 9.17) is 5.10 Å². The summed E-state index contributed by atoms with van der Waals surface area (Å²) in [5, 5.41) is 18.2. The van der Waals surface area contributed by atoms with Crippen LogP contribution >= 0.6 is 0 Å². The SMILES string of the molecule is Cc1ccc(-c2nn(Cc3ccccc3)cc2/C=N\NC(=O)c2ccc(O)cc2)cc1. The predicted molar refractivity (Wildman–Crippen MR) is 121 cm³/mol. The predicted octanol–water partition coefficient (Wildman–Crippen LogP) is 4.38. The van der Waals surface area contributed by atoms with Crippen molar-refractivity contribution in [2.24, 2.45) is 5.10 Å². The van der Waals surface area contributed by atoms with Crippen molar-refractivity contribution in [1.82, 2.24) is 15.2 Å². The largest absolute Gasteiger partial charge is 0.508 e. The van der Waals surface area contributed by atoms with Crippen LogP contribution < -0.4 is 5.43 Å². The summed E-state index contributed by atoms with van der Waals surface area (Å²) in [6, 6.07) is 24.2. The second-order valence-corrected chi connectivity index (χ2v) is 7.23. The number of benzene rings is 3. The Morgan fingerprint density at radius 2 is 1.74 bits per heavy atom. The minimum atomic E-state index is -0.357. The average Bonchev–Trinajstić information content (AvgIpc) is 3.17. The van der Waals surface area contributed by atoms with Crippen LogP contribution in [-0.2, 0) is 6.54 Å². The van der Waals surface area contributed by atoms with Crippen LogP contribution in [0.4, 0.5) is 0 Å². The first-order valence-corrected chi connectivity index (χ1v) is 9.89. The molecule has 31 heavy (non-hydrogen) atoms. The van der Waals surface area contributed by atoms with E-state index in [-0.39, 0.29) is 11.7 Å². The van der Waals surface area contributed by atoms with Gasteiger partial charge in [-0.2, -0.15) is 10.2 Å². The van der Waals surface area contributed by atoms with E-state index >= 15 is 0 Å². The number of hydrogen-bond donors (Lipinski definition) is 2. The molecule has 0 radical (unpaired) electrons. The summed E-state index contributed by atoms with van der Waals surface area (Å²) in [6.07, 6.45) is 3.51. The number of aromatic hydroxyl groups is 1. The van der Waals surface area contributed by atoms with Crippen LogP contribution in [-0.4, -0.2) is 27.0 Å². The van der Waals surface area contributed by atoms with Gasteiger partial charge in [-0.1, -0.05) is 60.2 Å². The summed E-state index contributed by atoms with van der Waals surface area (Å²) in [4.78, 5) is 12.3. The molecule has 0 spiro atoms. The number of phenolic OH excluding ortho intramolecular Hbond substituents is 1. The Labute approximate surface area is 180 Å². The number of aryl methyl sites for hydroxylation is 1. The minimum absolute atomic E-state index is 0.105. The first kappa shape index (κ1) is 20.1. The molecule has 0 aliphatic carbocycles. The zero-order valence-electron chi connectivity index (χ0n) is 17.1. The van der Waals surface area contributed by atoms with Gasteiger partial charge < -0.3 is 5.11 Å². The molecule has 0 saturated heterocycles. The second kappa shape index (κ2) is 9.09. The second-order valence-electron chi connectivity index (χ2n) is 7.23. The molecule has 0 aliphatic rings. The van der Waals surface area contributed by atoms with Crippen LogP contribution in [0.5, 0.6) is 5.75 Å². The van der Waals surface area contributed by atoms with E-state index in [0.717, 1.165) is 22.4 Å². The van der Waals surface area contributed by atoms with E-state index in [0.29, 0.717) is 12.1 Å². The van der Waals surface area contributed by atoms with Crippen molar-refractivity contribution in [3.63, 3.8) is 0 Å². The fourth-order valence-corrected chi connectivity index (χ4v) is 3.16. The molecule has 4 aromatic rings. The highest BCUT2D eigenvalue weighted by Crippen LogP contribution is 2.22. The van der Waals surface area contributed by atoms with Gasteiger partial charge in [0.25, 0.3) is 5.91 Å². The molecule has 4 rings (SSSR count). The average molecular weight is 410 g/mol. The van der Waals surface area contributed by atoms with Crippen molar-refractivity contribution >= 4 is 12.1 Å². The molecule has 1 heterocycles. The van der Waals surface area contributed by atoms with Gasteiger partial charge in [0, 0.05) is 22.9 Å². The van der Waals surface area contributed by atoms with E-state index in [2.05, 4.69) is 22.7 Å². The van der Waals surface area contributed by atoms with Gasteiger partial charge >= 0.3 is 0 Å². The summed E-state index contributed by atoms with van der Waals surface area (Å²) in [5.74, 6) is -0.251. The Balaban J connectivity index is 1.58. The molecule has 1 amide bonds. The number of aromatic nitrogens is 2. The zero-order valence-corrected chi connectivity index (χ0v) is 17.1. The number of rotatable bonds is 6. The van der Waals surface area contributed by atoms with E-state index in [1.54, 1.807) is 6.21 Å². The lowest BCUT2D eigenvalue weighted by molar-refractivity contribution is 0.0955. The maximum atomic E-state index is 12.3. The summed E-state index contributed by atoms with van der Waals surface area (Å²) in [7, 11) is 0. The van der Waals surface area contributed by atoms with E-state index in [1.807, 2.05) is 60.3 Å². The van der Waals surface area contributed by atoms with Gasteiger partial charge in [-0.05, 0) is 36.8 Å². The fraction of sp³-hybridized carbons (Fsp3) is 0.0800. The number of amides is 1. The number of phenols is 1. The molecule has 6 heteroatoms. The highest BCUT2D eigenvalue weighted by atomic mass is 16.3. The van der Waals surface area contributed by atoms with Crippen LogP contribution in [0.2, 0.25) is 0 Å². The number of carbonyl (C=O) groups is 1. The third-order valence-electron chi connectivity index (χ3n) is 4.80. The lowest BCUT2D eigenvalue weighted by Crippen LogP contribution is -2.17. The smallest absolute Gasteiger partial charge is 0.271 e.